The Kier molecular flexibility index (Phi) is 2.84. The van der Waals surface area contributed by atoms with Crippen molar-refractivity contribution in [1.29, 1.82) is 0 Å². The van der Waals surface area contributed by atoms with Gasteiger partial charge in [0.25, 0.3) is 0 Å². The molecule has 0 saturated carbocycles. The zero-order chi connectivity index (χ0) is 11.5. The molecule has 84 valence electrons. The highest BCUT2D eigenvalue weighted by Crippen LogP contribution is 2.09. The minimum Gasteiger partial charge on any atom is -0.316 e. The molecular formula is C10H11N3O3. The number of aromatic nitrogens is 2. The van der Waals surface area contributed by atoms with Gasteiger partial charge in [-0.15, -0.1) is 0 Å². The number of H-pyrrole nitrogens is 2. The van der Waals surface area contributed by atoms with Crippen LogP contribution in [0.5, 0.6) is 0 Å². The lowest BCUT2D eigenvalue weighted by Crippen LogP contribution is -2.28. The minimum absolute atomic E-state index is 0.402. The van der Waals surface area contributed by atoms with Crippen LogP contribution < -0.4 is 17.0 Å². The van der Waals surface area contributed by atoms with E-state index in [9.17, 15) is 9.59 Å². The van der Waals surface area contributed by atoms with Gasteiger partial charge in [-0.25, -0.2) is 5.90 Å². The molecule has 0 fully saturated rings. The summed E-state index contributed by atoms with van der Waals surface area (Å²) in [6.45, 7) is 0.402. The van der Waals surface area contributed by atoms with Gasteiger partial charge in [-0.2, -0.15) is 0 Å². The van der Waals surface area contributed by atoms with E-state index in [0.717, 1.165) is 5.56 Å². The second-order valence-corrected chi connectivity index (χ2v) is 3.41. The lowest BCUT2D eigenvalue weighted by atomic mass is 10.1. The monoisotopic (exact) mass is 221 g/mol. The molecule has 6 nitrogen and oxygen atoms in total. The summed E-state index contributed by atoms with van der Waals surface area (Å²) in [5.41, 5.74) is 0.868. The largest absolute Gasteiger partial charge is 0.316 e. The first kappa shape index (κ1) is 10.6. The van der Waals surface area contributed by atoms with Crippen LogP contribution in [0.15, 0.2) is 27.8 Å². The molecular weight excluding hydrogens is 210 g/mol. The third kappa shape index (κ3) is 2.02. The van der Waals surface area contributed by atoms with Crippen molar-refractivity contribution in [2.75, 3.05) is 6.61 Å². The lowest BCUT2D eigenvalue weighted by Gasteiger charge is -2.02. The maximum Gasteiger partial charge on any atom is 0.314 e. The summed E-state index contributed by atoms with van der Waals surface area (Å²) in [5, 5.41) is 0. The molecule has 2 rings (SSSR count). The zero-order valence-electron chi connectivity index (χ0n) is 8.45. The number of benzene rings is 1. The Balaban J connectivity index is 2.49. The van der Waals surface area contributed by atoms with Crippen LogP contribution in [0, 0.1) is 0 Å². The Morgan fingerprint density at radius 3 is 2.50 bits per heavy atom. The molecule has 0 unspecified atom stereocenters. The summed E-state index contributed by atoms with van der Waals surface area (Å²) in [6.07, 6.45) is 0.646. The summed E-state index contributed by atoms with van der Waals surface area (Å²) in [6, 6.07) is 5.36. The van der Waals surface area contributed by atoms with Gasteiger partial charge in [0.05, 0.1) is 17.6 Å². The quantitative estimate of drug-likeness (QED) is 0.487. The number of fused-ring (bicyclic) bond motifs is 1. The van der Waals surface area contributed by atoms with Crippen LogP contribution in [0.25, 0.3) is 11.0 Å². The Morgan fingerprint density at radius 1 is 1.12 bits per heavy atom. The second-order valence-electron chi connectivity index (χ2n) is 3.41. The molecule has 16 heavy (non-hydrogen) atoms. The average Bonchev–Trinajstić information content (AvgIpc) is 2.28. The third-order valence-electron chi connectivity index (χ3n) is 2.30. The number of hydrogen-bond donors (Lipinski definition) is 3. The van der Waals surface area contributed by atoms with Crippen molar-refractivity contribution in [2.45, 2.75) is 6.42 Å². The molecule has 0 radical (unpaired) electrons. The molecule has 0 aliphatic heterocycles. The standard InChI is InChI=1S/C10H11N3O3/c11-16-4-3-6-1-2-7-8(5-6)13-10(15)9(14)12-7/h1-2,5H,3-4,11H2,(H,12,14)(H,13,15). The van der Waals surface area contributed by atoms with Crippen molar-refractivity contribution in [2.24, 2.45) is 5.90 Å². The van der Waals surface area contributed by atoms with Crippen LogP contribution in [-0.4, -0.2) is 16.6 Å². The fourth-order valence-corrected chi connectivity index (χ4v) is 1.49. The van der Waals surface area contributed by atoms with E-state index in [1.165, 1.54) is 0 Å². The predicted octanol–water partition coefficient (Wildman–Crippen LogP) is -0.351. The Hall–Kier alpha value is -1.92. The van der Waals surface area contributed by atoms with Crippen molar-refractivity contribution < 1.29 is 4.84 Å². The molecule has 0 amide bonds. The maximum atomic E-state index is 11.1. The molecule has 0 spiro atoms. The number of nitrogens with two attached hydrogens (primary N) is 1. The van der Waals surface area contributed by atoms with Gasteiger partial charge in [-0.3, -0.25) is 9.59 Å². The molecule has 4 N–H and O–H groups in total. The number of aromatic amines is 2. The van der Waals surface area contributed by atoms with E-state index in [1.54, 1.807) is 12.1 Å². The van der Waals surface area contributed by atoms with E-state index in [4.69, 9.17) is 5.90 Å². The molecule has 2 aromatic rings. The molecule has 1 aromatic heterocycles. The van der Waals surface area contributed by atoms with Gasteiger partial charge in [0.1, 0.15) is 0 Å². The first-order valence-electron chi connectivity index (χ1n) is 4.77. The van der Waals surface area contributed by atoms with Crippen LogP contribution in [0.3, 0.4) is 0 Å². The fourth-order valence-electron chi connectivity index (χ4n) is 1.49. The van der Waals surface area contributed by atoms with Crippen LogP contribution in [-0.2, 0) is 11.3 Å². The van der Waals surface area contributed by atoms with Crippen molar-refractivity contribution in [1.82, 2.24) is 9.97 Å². The van der Waals surface area contributed by atoms with Gasteiger partial charge in [0.2, 0.25) is 0 Å². The third-order valence-corrected chi connectivity index (χ3v) is 2.30. The van der Waals surface area contributed by atoms with Crippen molar-refractivity contribution in [3.05, 3.63) is 44.5 Å². The normalized spacial score (nSPS) is 10.8. The summed E-state index contributed by atoms with van der Waals surface area (Å²) in [5.74, 6) is 4.93. The SMILES string of the molecule is NOCCc1ccc2[nH]c(=O)c(=O)[nH]c2c1. The summed E-state index contributed by atoms with van der Waals surface area (Å²) >= 11 is 0. The van der Waals surface area contributed by atoms with Gasteiger partial charge in [-0.1, -0.05) is 6.07 Å². The van der Waals surface area contributed by atoms with Crippen LogP contribution in [0.1, 0.15) is 5.56 Å². The highest BCUT2D eigenvalue weighted by Gasteiger charge is 2.00. The Morgan fingerprint density at radius 2 is 1.81 bits per heavy atom. The van der Waals surface area contributed by atoms with E-state index in [2.05, 4.69) is 14.8 Å². The maximum absolute atomic E-state index is 11.1. The first-order chi connectivity index (χ1) is 7.70. The number of rotatable bonds is 3. The molecule has 0 aliphatic carbocycles. The number of hydrogen-bond acceptors (Lipinski definition) is 4. The van der Waals surface area contributed by atoms with Crippen LogP contribution >= 0.6 is 0 Å². The molecule has 0 bridgehead atoms. The van der Waals surface area contributed by atoms with E-state index in [-0.39, 0.29) is 0 Å². The van der Waals surface area contributed by atoms with Gasteiger partial charge < -0.3 is 14.8 Å². The average molecular weight is 221 g/mol. The zero-order valence-corrected chi connectivity index (χ0v) is 8.45. The fraction of sp³-hybridized carbons (Fsp3) is 0.200. The van der Waals surface area contributed by atoms with E-state index >= 15 is 0 Å². The highest BCUT2D eigenvalue weighted by molar-refractivity contribution is 5.74. The van der Waals surface area contributed by atoms with E-state index < -0.39 is 11.1 Å². The highest BCUT2D eigenvalue weighted by atomic mass is 16.6. The molecule has 6 heteroatoms. The van der Waals surface area contributed by atoms with Gasteiger partial charge in [0.15, 0.2) is 0 Å². The molecule has 1 aromatic carbocycles. The predicted molar refractivity (Wildman–Crippen MR) is 59.0 cm³/mol. The summed E-state index contributed by atoms with van der Waals surface area (Å²) in [4.78, 5) is 31.6. The van der Waals surface area contributed by atoms with Gasteiger partial charge in [0, 0.05) is 0 Å². The molecule has 0 saturated heterocycles. The first-order valence-corrected chi connectivity index (χ1v) is 4.77. The lowest BCUT2D eigenvalue weighted by molar-refractivity contribution is 0.141. The summed E-state index contributed by atoms with van der Waals surface area (Å²) < 4.78 is 0. The molecule has 1 heterocycles. The summed E-state index contributed by atoms with van der Waals surface area (Å²) in [7, 11) is 0. The molecule has 0 atom stereocenters. The smallest absolute Gasteiger partial charge is 0.314 e. The van der Waals surface area contributed by atoms with E-state index in [1.807, 2.05) is 6.07 Å². The second kappa shape index (κ2) is 4.30. The molecule has 0 aliphatic rings. The topological polar surface area (TPSA) is 101 Å². The van der Waals surface area contributed by atoms with Crippen molar-refractivity contribution in [3.63, 3.8) is 0 Å². The van der Waals surface area contributed by atoms with Gasteiger partial charge in [-0.05, 0) is 24.1 Å². The van der Waals surface area contributed by atoms with Crippen LogP contribution in [0.4, 0.5) is 0 Å². The van der Waals surface area contributed by atoms with Gasteiger partial charge >= 0.3 is 11.1 Å². The van der Waals surface area contributed by atoms with E-state index in [0.29, 0.717) is 24.1 Å². The van der Waals surface area contributed by atoms with Crippen molar-refractivity contribution >= 4 is 11.0 Å². The Bertz CT molecular complexity index is 614. The minimum atomic E-state index is -0.653. The number of nitrogens with one attached hydrogen (secondary N) is 2. The Labute approximate surface area is 90.0 Å². The van der Waals surface area contributed by atoms with Crippen LogP contribution in [0.2, 0.25) is 0 Å². The van der Waals surface area contributed by atoms with Crippen molar-refractivity contribution in [3.8, 4) is 0 Å².